The first-order valence-corrected chi connectivity index (χ1v) is 6.98. The molecule has 1 N–H and O–H groups in total. The molecule has 6 heteroatoms. The lowest BCUT2D eigenvalue weighted by molar-refractivity contribution is -0.118. The van der Waals surface area contributed by atoms with Crippen molar-refractivity contribution in [2.24, 2.45) is 5.92 Å². The molecule has 0 saturated carbocycles. The number of anilines is 1. The van der Waals surface area contributed by atoms with Crippen molar-refractivity contribution in [2.45, 2.75) is 27.2 Å². The third-order valence-corrected chi connectivity index (χ3v) is 2.86. The van der Waals surface area contributed by atoms with Gasteiger partial charge in [-0.3, -0.25) is 4.79 Å². The van der Waals surface area contributed by atoms with Crippen LogP contribution in [-0.2, 0) is 4.79 Å². The van der Waals surface area contributed by atoms with Gasteiger partial charge in [0.05, 0.1) is 6.61 Å². The first-order chi connectivity index (χ1) is 10.1. The van der Waals surface area contributed by atoms with Crippen molar-refractivity contribution in [3.63, 3.8) is 0 Å². The lowest BCUT2D eigenvalue weighted by atomic mass is 10.1. The van der Waals surface area contributed by atoms with Crippen molar-refractivity contribution < 1.29 is 14.2 Å². The van der Waals surface area contributed by atoms with Crippen molar-refractivity contribution in [1.82, 2.24) is 10.3 Å². The van der Waals surface area contributed by atoms with Crippen molar-refractivity contribution in [2.75, 3.05) is 11.9 Å². The van der Waals surface area contributed by atoms with Crippen molar-refractivity contribution in [3.05, 3.63) is 24.3 Å². The molecule has 0 bridgehead atoms. The zero-order chi connectivity index (χ0) is 15.2. The highest BCUT2D eigenvalue weighted by Crippen LogP contribution is 2.26. The molecule has 0 aliphatic rings. The fraction of sp³-hybridized carbons (Fsp3) is 0.400. The maximum absolute atomic E-state index is 11.7. The quantitative estimate of drug-likeness (QED) is 0.884. The Bertz CT molecular complexity index is 590. The Morgan fingerprint density at radius 1 is 1.29 bits per heavy atom. The summed E-state index contributed by atoms with van der Waals surface area (Å²) in [6, 6.07) is 7.42. The minimum atomic E-state index is -0.139. The van der Waals surface area contributed by atoms with E-state index >= 15 is 0 Å². The fourth-order valence-corrected chi connectivity index (χ4v) is 1.65. The molecule has 6 nitrogen and oxygen atoms in total. The van der Waals surface area contributed by atoms with E-state index in [1.54, 1.807) is 0 Å². The summed E-state index contributed by atoms with van der Waals surface area (Å²) in [6.45, 7) is 6.35. The summed E-state index contributed by atoms with van der Waals surface area (Å²) in [4.78, 5) is 11.7. The van der Waals surface area contributed by atoms with Gasteiger partial charge in [0.25, 0.3) is 0 Å². The molecule has 0 fully saturated rings. The molecule has 0 aliphatic carbocycles. The number of carbonyl (C=O) groups is 1. The molecule has 1 heterocycles. The van der Waals surface area contributed by atoms with Gasteiger partial charge in [0.1, 0.15) is 5.75 Å². The summed E-state index contributed by atoms with van der Waals surface area (Å²) in [5.41, 5.74) is 1.31. The molecule has 112 valence electrons. The zero-order valence-corrected chi connectivity index (χ0v) is 12.4. The molecule has 2 rings (SSSR count). The second-order valence-corrected chi connectivity index (χ2v) is 4.98. The average molecular weight is 289 g/mol. The minimum absolute atomic E-state index is 0.130. The van der Waals surface area contributed by atoms with Crippen LogP contribution in [0.1, 0.15) is 27.2 Å². The number of hydrogen-bond donors (Lipinski definition) is 1. The highest BCUT2D eigenvalue weighted by atomic mass is 16.6. The van der Waals surface area contributed by atoms with Gasteiger partial charge in [0.2, 0.25) is 11.7 Å². The molecular weight excluding hydrogens is 270 g/mol. The SMILES string of the molecule is CCCOc1ccc(-c2nonc2NC(=O)C(C)C)cc1. The van der Waals surface area contributed by atoms with Crippen LogP contribution in [0, 0.1) is 5.92 Å². The fourth-order valence-electron chi connectivity index (χ4n) is 1.65. The number of ether oxygens (including phenoxy) is 1. The van der Waals surface area contributed by atoms with Crippen LogP contribution in [0.15, 0.2) is 28.9 Å². The number of nitrogens with zero attached hydrogens (tertiary/aromatic N) is 2. The average Bonchev–Trinajstić information content (AvgIpc) is 2.93. The molecule has 1 aromatic carbocycles. The van der Waals surface area contributed by atoms with Gasteiger partial charge in [0.15, 0.2) is 5.69 Å². The molecule has 0 saturated heterocycles. The smallest absolute Gasteiger partial charge is 0.228 e. The molecule has 0 atom stereocenters. The molecule has 0 radical (unpaired) electrons. The monoisotopic (exact) mass is 289 g/mol. The maximum Gasteiger partial charge on any atom is 0.228 e. The topological polar surface area (TPSA) is 77.2 Å². The third kappa shape index (κ3) is 3.81. The number of rotatable bonds is 6. The minimum Gasteiger partial charge on any atom is -0.494 e. The lowest BCUT2D eigenvalue weighted by Gasteiger charge is -2.06. The second kappa shape index (κ2) is 6.88. The van der Waals surface area contributed by atoms with Gasteiger partial charge in [-0.25, -0.2) is 4.63 Å². The summed E-state index contributed by atoms with van der Waals surface area (Å²) in [7, 11) is 0. The number of nitrogens with one attached hydrogen (secondary N) is 1. The van der Waals surface area contributed by atoms with E-state index in [0.29, 0.717) is 18.1 Å². The zero-order valence-electron chi connectivity index (χ0n) is 12.4. The van der Waals surface area contributed by atoms with E-state index in [2.05, 4.69) is 22.6 Å². The summed E-state index contributed by atoms with van der Waals surface area (Å²) < 4.78 is 10.3. The molecule has 21 heavy (non-hydrogen) atoms. The second-order valence-electron chi connectivity index (χ2n) is 4.98. The van der Waals surface area contributed by atoms with Crippen LogP contribution < -0.4 is 10.1 Å². The van der Waals surface area contributed by atoms with Crippen LogP contribution in [0.5, 0.6) is 5.75 Å². The molecule has 0 spiro atoms. The van der Waals surface area contributed by atoms with Crippen LogP contribution in [-0.4, -0.2) is 22.8 Å². The van der Waals surface area contributed by atoms with Gasteiger partial charge in [-0.2, -0.15) is 0 Å². The number of hydrogen-bond acceptors (Lipinski definition) is 5. The van der Waals surface area contributed by atoms with E-state index in [0.717, 1.165) is 17.7 Å². The Morgan fingerprint density at radius 2 is 2.00 bits per heavy atom. The van der Waals surface area contributed by atoms with Gasteiger partial charge in [-0.05, 0) is 41.0 Å². The van der Waals surface area contributed by atoms with E-state index in [4.69, 9.17) is 9.37 Å². The van der Waals surface area contributed by atoms with E-state index in [1.165, 1.54) is 0 Å². The summed E-state index contributed by atoms with van der Waals surface area (Å²) in [5.74, 6) is 0.856. The van der Waals surface area contributed by atoms with Gasteiger partial charge < -0.3 is 10.1 Å². The molecule has 2 aromatic rings. The normalized spacial score (nSPS) is 10.7. The van der Waals surface area contributed by atoms with Gasteiger partial charge in [0, 0.05) is 11.5 Å². The molecule has 0 aliphatic heterocycles. The van der Waals surface area contributed by atoms with Crippen molar-refractivity contribution in [3.8, 4) is 17.0 Å². The van der Waals surface area contributed by atoms with E-state index in [1.807, 2.05) is 38.1 Å². The van der Waals surface area contributed by atoms with Gasteiger partial charge >= 0.3 is 0 Å². The summed E-state index contributed by atoms with van der Waals surface area (Å²) in [5, 5.41) is 10.3. The summed E-state index contributed by atoms with van der Waals surface area (Å²) in [6.07, 6.45) is 0.959. The Balaban J connectivity index is 2.15. The molecule has 1 aromatic heterocycles. The molecule has 1 amide bonds. The Morgan fingerprint density at radius 3 is 2.62 bits per heavy atom. The van der Waals surface area contributed by atoms with Gasteiger partial charge in [-0.1, -0.05) is 20.8 Å². The lowest BCUT2D eigenvalue weighted by Crippen LogP contribution is -2.18. The van der Waals surface area contributed by atoms with Crippen molar-refractivity contribution in [1.29, 1.82) is 0 Å². The number of amides is 1. The maximum atomic E-state index is 11.7. The van der Waals surface area contributed by atoms with Crippen LogP contribution in [0.25, 0.3) is 11.3 Å². The van der Waals surface area contributed by atoms with Crippen LogP contribution in [0.2, 0.25) is 0 Å². The Hall–Kier alpha value is -2.37. The highest BCUT2D eigenvalue weighted by Gasteiger charge is 2.16. The predicted molar refractivity (Wildman–Crippen MR) is 79.0 cm³/mol. The third-order valence-electron chi connectivity index (χ3n) is 2.86. The Labute approximate surface area is 123 Å². The van der Waals surface area contributed by atoms with Crippen molar-refractivity contribution >= 4 is 11.7 Å². The first-order valence-electron chi connectivity index (χ1n) is 6.98. The number of aromatic nitrogens is 2. The molecule has 0 unspecified atom stereocenters. The Kier molecular flexibility index (Phi) is 4.92. The first kappa shape index (κ1) is 15.0. The number of carbonyl (C=O) groups excluding carboxylic acids is 1. The standard InChI is InChI=1S/C15H19N3O3/c1-4-9-20-12-7-5-11(6-8-12)13-14(18-21-17-13)16-15(19)10(2)3/h5-8,10H,4,9H2,1-3H3,(H,16,18,19). The van der Waals surface area contributed by atoms with Crippen LogP contribution in [0.4, 0.5) is 5.82 Å². The van der Waals surface area contributed by atoms with Crippen LogP contribution >= 0.6 is 0 Å². The van der Waals surface area contributed by atoms with Crippen LogP contribution in [0.3, 0.4) is 0 Å². The predicted octanol–water partition coefficient (Wildman–Crippen LogP) is 3.12. The summed E-state index contributed by atoms with van der Waals surface area (Å²) >= 11 is 0. The van der Waals surface area contributed by atoms with E-state index < -0.39 is 0 Å². The van der Waals surface area contributed by atoms with Gasteiger partial charge in [-0.15, -0.1) is 0 Å². The largest absolute Gasteiger partial charge is 0.494 e. The molecular formula is C15H19N3O3. The number of benzene rings is 1. The van der Waals surface area contributed by atoms with E-state index in [-0.39, 0.29) is 11.8 Å². The highest BCUT2D eigenvalue weighted by molar-refractivity contribution is 5.94. The van der Waals surface area contributed by atoms with E-state index in [9.17, 15) is 4.79 Å².